The third-order valence-electron chi connectivity index (χ3n) is 3.38. The van der Waals surface area contributed by atoms with Gasteiger partial charge in [-0.05, 0) is 12.5 Å². The van der Waals surface area contributed by atoms with Crippen molar-refractivity contribution in [3.63, 3.8) is 0 Å². The van der Waals surface area contributed by atoms with E-state index in [4.69, 9.17) is 0 Å². The summed E-state index contributed by atoms with van der Waals surface area (Å²) in [6, 6.07) is 7.28. The number of carbonyl (C=O) groups is 2. The molecule has 1 aliphatic heterocycles. The molecule has 19 heavy (non-hydrogen) atoms. The van der Waals surface area contributed by atoms with Crippen LogP contribution >= 0.6 is 0 Å². The van der Waals surface area contributed by atoms with Gasteiger partial charge in [0, 0.05) is 19.0 Å². The molecule has 0 saturated carbocycles. The lowest BCUT2D eigenvalue weighted by Gasteiger charge is -2.36. The number of benzene rings is 1. The molecule has 1 aromatic rings. The first-order chi connectivity index (χ1) is 9.00. The molecular weight excluding hydrogens is 240 g/mol. The molecule has 1 aliphatic rings. The average molecular weight is 260 g/mol. The number of nitrogens with zero attached hydrogens (tertiary/aromatic N) is 1. The van der Waals surface area contributed by atoms with Crippen molar-refractivity contribution in [2.75, 3.05) is 13.1 Å². The summed E-state index contributed by atoms with van der Waals surface area (Å²) < 4.78 is 0. The van der Waals surface area contributed by atoms with E-state index in [1.165, 1.54) is 0 Å². The molecule has 1 heterocycles. The Morgan fingerprint density at radius 3 is 2.53 bits per heavy atom. The Morgan fingerprint density at radius 2 is 1.95 bits per heavy atom. The Labute approximate surface area is 113 Å². The molecule has 0 aliphatic carbocycles. The zero-order valence-electron chi connectivity index (χ0n) is 11.6. The molecule has 1 saturated heterocycles. The van der Waals surface area contributed by atoms with Crippen LogP contribution in [0.5, 0.6) is 0 Å². The Morgan fingerprint density at radius 1 is 1.32 bits per heavy atom. The Balaban J connectivity index is 2.33. The van der Waals surface area contributed by atoms with Crippen molar-refractivity contribution >= 4 is 11.8 Å². The van der Waals surface area contributed by atoms with Crippen LogP contribution in [0, 0.1) is 12.8 Å². The highest BCUT2D eigenvalue weighted by molar-refractivity contribution is 5.90. The van der Waals surface area contributed by atoms with Gasteiger partial charge in [-0.1, -0.05) is 43.7 Å². The van der Waals surface area contributed by atoms with E-state index in [1.807, 2.05) is 45.0 Å². The van der Waals surface area contributed by atoms with E-state index in [9.17, 15) is 9.59 Å². The van der Waals surface area contributed by atoms with Crippen LogP contribution in [0.3, 0.4) is 0 Å². The van der Waals surface area contributed by atoms with Crippen LogP contribution in [0.1, 0.15) is 31.0 Å². The predicted molar refractivity (Wildman–Crippen MR) is 73.5 cm³/mol. The maximum Gasteiger partial charge on any atom is 0.247 e. The van der Waals surface area contributed by atoms with E-state index in [0.29, 0.717) is 13.1 Å². The second kappa shape index (κ2) is 5.43. The third-order valence-corrected chi connectivity index (χ3v) is 3.38. The number of hydrogen-bond acceptors (Lipinski definition) is 2. The molecule has 102 valence electrons. The van der Waals surface area contributed by atoms with Crippen molar-refractivity contribution in [2.24, 2.45) is 5.92 Å². The number of carbonyl (C=O) groups excluding carboxylic acids is 2. The molecule has 1 N–H and O–H groups in total. The van der Waals surface area contributed by atoms with Gasteiger partial charge >= 0.3 is 0 Å². The van der Waals surface area contributed by atoms with Crippen LogP contribution in [0.15, 0.2) is 24.3 Å². The fraction of sp³-hybridized carbons (Fsp3) is 0.467. The highest BCUT2D eigenvalue weighted by atomic mass is 16.2. The molecule has 4 heteroatoms. The van der Waals surface area contributed by atoms with E-state index < -0.39 is 6.04 Å². The van der Waals surface area contributed by atoms with Crippen molar-refractivity contribution in [1.29, 1.82) is 0 Å². The molecule has 4 nitrogen and oxygen atoms in total. The first kappa shape index (κ1) is 13.6. The topological polar surface area (TPSA) is 49.4 Å². The molecule has 0 spiro atoms. The normalized spacial score (nSPS) is 19.5. The van der Waals surface area contributed by atoms with Crippen molar-refractivity contribution in [3.05, 3.63) is 35.4 Å². The molecule has 0 aromatic heterocycles. The van der Waals surface area contributed by atoms with E-state index in [-0.39, 0.29) is 17.7 Å². The van der Waals surface area contributed by atoms with Crippen LogP contribution in [0.4, 0.5) is 0 Å². The van der Waals surface area contributed by atoms with E-state index in [2.05, 4.69) is 5.32 Å². The summed E-state index contributed by atoms with van der Waals surface area (Å²) in [5.74, 6) is -0.164. The van der Waals surface area contributed by atoms with Crippen molar-refractivity contribution in [3.8, 4) is 0 Å². The average Bonchev–Trinajstić information content (AvgIpc) is 2.39. The summed E-state index contributed by atoms with van der Waals surface area (Å²) in [5, 5.41) is 2.84. The van der Waals surface area contributed by atoms with Gasteiger partial charge in [0.2, 0.25) is 11.8 Å². The van der Waals surface area contributed by atoms with Gasteiger partial charge < -0.3 is 10.2 Å². The monoisotopic (exact) mass is 260 g/mol. The zero-order chi connectivity index (χ0) is 14.0. The minimum absolute atomic E-state index is 0.0282. The quantitative estimate of drug-likeness (QED) is 0.879. The maximum atomic E-state index is 12.2. The fourth-order valence-electron chi connectivity index (χ4n) is 2.32. The molecule has 1 fully saturated rings. The number of aryl methyl sites for hydroxylation is 1. The summed E-state index contributed by atoms with van der Waals surface area (Å²) in [7, 11) is 0. The minimum atomic E-state index is -0.496. The van der Waals surface area contributed by atoms with Crippen LogP contribution in [0.2, 0.25) is 0 Å². The summed E-state index contributed by atoms with van der Waals surface area (Å²) in [6.07, 6.45) is 0. The standard InChI is InChI=1S/C15H20N2O2/c1-10(2)15(19)17-9-8-16-14(18)13(17)12-6-4-11(3)5-7-12/h4-7,10,13H,8-9H2,1-3H3,(H,16,18). The molecule has 1 unspecified atom stereocenters. The SMILES string of the molecule is Cc1ccc(C2C(=O)NCCN2C(=O)C(C)C)cc1. The van der Waals surface area contributed by atoms with Crippen LogP contribution in [0.25, 0.3) is 0 Å². The lowest BCUT2D eigenvalue weighted by molar-refractivity contribution is -0.145. The number of rotatable bonds is 2. The van der Waals surface area contributed by atoms with Crippen LogP contribution < -0.4 is 5.32 Å². The van der Waals surface area contributed by atoms with Gasteiger partial charge in [-0.3, -0.25) is 9.59 Å². The summed E-state index contributed by atoms with van der Waals surface area (Å²) in [5.41, 5.74) is 2.01. The number of piperazine rings is 1. The molecule has 2 rings (SSSR count). The molecule has 2 amide bonds. The van der Waals surface area contributed by atoms with Gasteiger partial charge in [-0.25, -0.2) is 0 Å². The van der Waals surface area contributed by atoms with Gasteiger partial charge in [0.25, 0.3) is 0 Å². The zero-order valence-corrected chi connectivity index (χ0v) is 11.6. The molecule has 1 atom stereocenters. The van der Waals surface area contributed by atoms with Crippen LogP contribution in [-0.4, -0.2) is 29.8 Å². The first-order valence-corrected chi connectivity index (χ1v) is 6.65. The molecule has 0 bridgehead atoms. The van der Waals surface area contributed by atoms with Crippen LogP contribution in [-0.2, 0) is 9.59 Å². The van der Waals surface area contributed by atoms with E-state index in [1.54, 1.807) is 4.90 Å². The minimum Gasteiger partial charge on any atom is -0.352 e. The van der Waals surface area contributed by atoms with Gasteiger partial charge in [0.15, 0.2) is 0 Å². The second-order valence-corrected chi connectivity index (χ2v) is 5.29. The fourth-order valence-corrected chi connectivity index (χ4v) is 2.32. The van der Waals surface area contributed by atoms with E-state index >= 15 is 0 Å². The largest absolute Gasteiger partial charge is 0.352 e. The second-order valence-electron chi connectivity index (χ2n) is 5.29. The smallest absolute Gasteiger partial charge is 0.247 e. The van der Waals surface area contributed by atoms with Crippen molar-refractivity contribution in [1.82, 2.24) is 10.2 Å². The summed E-state index contributed by atoms with van der Waals surface area (Å²) in [4.78, 5) is 26.0. The maximum absolute atomic E-state index is 12.2. The van der Waals surface area contributed by atoms with Gasteiger partial charge in [-0.15, -0.1) is 0 Å². The molecule has 1 aromatic carbocycles. The van der Waals surface area contributed by atoms with Gasteiger partial charge in [-0.2, -0.15) is 0 Å². The molecular formula is C15H20N2O2. The number of nitrogens with one attached hydrogen (secondary N) is 1. The lowest BCUT2D eigenvalue weighted by Crippen LogP contribution is -2.53. The van der Waals surface area contributed by atoms with E-state index in [0.717, 1.165) is 11.1 Å². The number of hydrogen-bond donors (Lipinski definition) is 1. The lowest BCUT2D eigenvalue weighted by atomic mass is 9.99. The summed E-state index contributed by atoms with van der Waals surface area (Å²) >= 11 is 0. The van der Waals surface area contributed by atoms with Crippen molar-refractivity contribution < 1.29 is 9.59 Å². The Hall–Kier alpha value is -1.84. The molecule has 0 radical (unpaired) electrons. The first-order valence-electron chi connectivity index (χ1n) is 6.65. The number of amides is 2. The van der Waals surface area contributed by atoms with Gasteiger partial charge in [0.05, 0.1) is 0 Å². The highest BCUT2D eigenvalue weighted by Crippen LogP contribution is 2.25. The third kappa shape index (κ3) is 2.78. The van der Waals surface area contributed by atoms with Gasteiger partial charge in [0.1, 0.15) is 6.04 Å². The Kier molecular flexibility index (Phi) is 3.88. The Bertz CT molecular complexity index is 479. The van der Waals surface area contributed by atoms with Crippen molar-refractivity contribution in [2.45, 2.75) is 26.8 Å². The summed E-state index contributed by atoms with van der Waals surface area (Å²) in [6.45, 7) is 6.82. The predicted octanol–water partition coefficient (Wildman–Crippen LogP) is 1.65. The highest BCUT2D eigenvalue weighted by Gasteiger charge is 2.34.